The SMILES string of the molecule is Cn1cc(-c2cn3nccc(N4CC5CC[C@@H](C4)N5C4CC(C#N)C4)c3n2)cn1. The highest BCUT2D eigenvalue weighted by Crippen LogP contribution is 2.41. The number of piperazine rings is 1. The first-order valence-electron chi connectivity index (χ1n) is 10.4. The molecule has 1 aliphatic carbocycles. The number of rotatable bonds is 3. The van der Waals surface area contributed by atoms with Gasteiger partial charge in [-0.2, -0.15) is 15.5 Å². The smallest absolute Gasteiger partial charge is 0.177 e. The van der Waals surface area contributed by atoms with E-state index in [1.54, 1.807) is 4.68 Å². The number of aromatic nitrogens is 5. The van der Waals surface area contributed by atoms with E-state index in [0.717, 1.165) is 48.5 Å². The molecule has 148 valence electrons. The molecule has 5 heterocycles. The zero-order chi connectivity index (χ0) is 19.5. The van der Waals surface area contributed by atoms with Crippen LogP contribution in [0.1, 0.15) is 25.7 Å². The molecule has 0 radical (unpaired) electrons. The fourth-order valence-corrected chi connectivity index (χ4v) is 5.49. The van der Waals surface area contributed by atoms with Gasteiger partial charge in [0.1, 0.15) is 0 Å². The van der Waals surface area contributed by atoms with Crippen molar-refractivity contribution in [3.63, 3.8) is 0 Å². The summed E-state index contributed by atoms with van der Waals surface area (Å²) >= 11 is 0. The zero-order valence-electron chi connectivity index (χ0n) is 16.5. The average molecular weight is 388 g/mol. The summed E-state index contributed by atoms with van der Waals surface area (Å²) in [6, 6.07) is 6.31. The third kappa shape index (κ3) is 2.64. The summed E-state index contributed by atoms with van der Waals surface area (Å²) in [6.45, 7) is 2.05. The van der Waals surface area contributed by atoms with E-state index in [2.05, 4.69) is 32.1 Å². The van der Waals surface area contributed by atoms with Gasteiger partial charge in [0.15, 0.2) is 5.65 Å². The van der Waals surface area contributed by atoms with Gasteiger partial charge < -0.3 is 4.90 Å². The minimum atomic E-state index is 0.271. The van der Waals surface area contributed by atoms with Crippen LogP contribution < -0.4 is 4.90 Å². The Kier molecular flexibility index (Phi) is 3.68. The Hall–Kier alpha value is -2.92. The van der Waals surface area contributed by atoms with Gasteiger partial charge in [-0.15, -0.1) is 0 Å². The first-order valence-corrected chi connectivity index (χ1v) is 10.4. The summed E-state index contributed by atoms with van der Waals surface area (Å²) in [5, 5.41) is 17.9. The first kappa shape index (κ1) is 17.0. The van der Waals surface area contributed by atoms with Crippen molar-refractivity contribution in [3.8, 4) is 17.3 Å². The van der Waals surface area contributed by atoms with Gasteiger partial charge in [-0.3, -0.25) is 9.58 Å². The predicted octanol–water partition coefficient (Wildman–Crippen LogP) is 2.08. The Morgan fingerprint density at radius 1 is 1.07 bits per heavy atom. The molecule has 2 bridgehead atoms. The summed E-state index contributed by atoms with van der Waals surface area (Å²) in [4.78, 5) is 10.1. The number of imidazole rings is 1. The molecular weight excluding hydrogens is 364 g/mol. The van der Waals surface area contributed by atoms with Gasteiger partial charge in [-0.25, -0.2) is 9.50 Å². The molecule has 8 heteroatoms. The van der Waals surface area contributed by atoms with Crippen molar-refractivity contribution >= 4 is 11.3 Å². The van der Waals surface area contributed by atoms with Crippen LogP contribution in [0.4, 0.5) is 5.69 Å². The van der Waals surface area contributed by atoms with E-state index < -0.39 is 0 Å². The van der Waals surface area contributed by atoms with E-state index >= 15 is 0 Å². The molecule has 0 N–H and O–H groups in total. The molecule has 3 fully saturated rings. The van der Waals surface area contributed by atoms with Gasteiger partial charge in [-0.1, -0.05) is 0 Å². The van der Waals surface area contributed by atoms with Crippen molar-refractivity contribution in [1.82, 2.24) is 29.3 Å². The van der Waals surface area contributed by atoms with Crippen LogP contribution in [0.2, 0.25) is 0 Å². The lowest BCUT2D eigenvalue weighted by Gasteiger charge is -2.49. The van der Waals surface area contributed by atoms with Crippen molar-refractivity contribution in [3.05, 3.63) is 30.9 Å². The first-order chi connectivity index (χ1) is 14.2. The number of anilines is 1. The van der Waals surface area contributed by atoms with Crippen LogP contribution in [0.3, 0.4) is 0 Å². The number of hydrogen-bond acceptors (Lipinski definition) is 6. The number of nitriles is 1. The van der Waals surface area contributed by atoms with Crippen LogP contribution in [0.25, 0.3) is 16.9 Å². The van der Waals surface area contributed by atoms with Crippen molar-refractivity contribution in [1.29, 1.82) is 5.26 Å². The maximum Gasteiger partial charge on any atom is 0.177 e. The minimum Gasteiger partial charge on any atom is -0.365 e. The van der Waals surface area contributed by atoms with E-state index in [4.69, 9.17) is 10.2 Å². The van der Waals surface area contributed by atoms with E-state index in [-0.39, 0.29) is 5.92 Å². The number of nitrogens with zero attached hydrogens (tertiary/aromatic N) is 8. The largest absolute Gasteiger partial charge is 0.365 e. The van der Waals surface area contributed by atoms with Gasteiger partial charge in [-0.05, 0) is 31.7 Å². The normalized spacial score (nSPS) is 29.2. The Balaban J connectivity index is 1.28. The molecule has 1 saturated carbocycles. The fraction of sp³-hybridized carbons (Fsp3) is 0.524. The Morgan fingerprint density at radius 2 is 1.86 bits per heavy atom. The van der Waals surface area contributed by atoms with Crippen LogP contribution in [-0.2, 0) is 7.05 Å². The van der Waals surface area contributed by atoms with Crippen LogP contribution in [0.15, 0.2) is 30.9 Å². The molecule has 8 nitrogen and oxygen atoms in total. The molecule has 1 unspecified atom stereocenters. The van der Waals surface area contributed by atoms with Crippen molar-refractivity contribution in [2.75, 3.05) is 18.0 Å². The van der Waals surface area contributed by atoms with Crippen LogP contribution in [0.5, 0.6) is 0 Å². The third-order valence-electron chi connectivity index (χ3n) is 6.94. The quantitative estimate of drug-likeness (QED) is 0.684. The predicted molar refractivity (Wildman–Crippen MR) is 108 cm³/mol. The van der Waals surface area contributed by atoms with Crippen molar-refractivity contribution in [2.24, 2.45) is 13.0 Å². The number of fused-ring (bicyclic) bond motifs is 3. The van der Waals surface area contributed by atoms with E-state index in [1.165, 1.54) is 12.8 Å². The molecule has 0 amide bonds. The maximum absolute atomic E-state index is 9.13. The van der Waals surface area contributed by atoms with Gasteiger partial charge in [0.05, 0.1) is 36.0 Å². The molecule has 2 atom stereocenters. The van der Waals surface area contributed by atoms with Crippen molar-refractivity contribution in [2.45, 2.75) is 43.8 Å². The van der Waals surface area contributed by atoms with Crippen LogP contribution >= 0.6 is 0 Å². The topological polar surface area (TPSA) is 78.3 Å². The third-order valence-corrected chi connectivity index (χ3v) is 6.94. The van der Waals surface area contributed by atoms with Gasteiger partial charge in [0.2, 0.25) is 0 Å². The second kappa shape index (κ2) is 6.29. The highest BCUT2D eigenvalue weighted by atomic mass is 15.4. The van der Waals surface area contributed by atoms with E-state index in [1.807, 2.05) is 36.4 Å². The highest BCUT2D eigenvalue weighted by Gasteiger charge is 2.47. The van der Waals surface area contributed by atoms with Crippen molar-refractivity contribution < 1.29 is 0 Å². The summed E-state index contributed by atoms with van der Waals surface area (Å²) in [6.07, 6.45) is 12.3. The molecule has 0 spiro atoms. The zero-order valence-corrected chi connectivity index (χ0v) is 16.5. The van der Waals surface area contributed by atoms with Gasteiger partial charge >= 0.3 is 0 Å². The lowest BCUT2D eigenvalue weighted by Crippen LogP contribution is -2.60. The second-order valence-corrected chi connectivity index (χ2v) is 8.70. The monoisotopic (exact) mass is 388 g/mol. The van der Waals surface area contributed by atoms with Crippen LogP contribution in [-0.4, -0.2) is 60.5 Å². The van der Waals surface area contributed by atoms with Gasteiger partial charge in [0, 0.05) is 55.9 Å². The lowest BCUT2D eigenvalue weighted by atomic mass is 9.79. The average Bonchev–Trinajstić information content (AvgIpc) is 3.37. The lowest BCUT2D eigenvalue weighted by molar-refractivity contribution is 0.0439. The summed E-state index contributed by atoms with van der Waals surface area (Å²) in [5.41, 5.74) is 3.98. The van der Waals surface area contributed by atoms with E-state index in [0.29, 0.717) is 18.1 Å². The molecule has 3 aromatic heterocycles. The Bertz CT molecular complexity index is 1090. The maximum atomic E-state index is 9.13. The summed E-state index contributed by atoms with van der Waals surface area (Å²) < 4.78 is 3.68. The molecule has 29 heavy (non-hydrogen) atoms. The molecule has 3 aromatic rings. The Morgan fingerprint density at radius 3 is 2.55 bits per heavy atom. The number of hydrogen-bond donors (Lipinski definition) is 0. The van der Waals surface area contributed by atoms with Crippen LogP contribution in [0, 0.1) is 17.2 Å². The standard InChI is InChI=1S/C21H24N8/c1-26-10-15(9-24-26)19-13-28-21(25-19)20(4-5-23-28)27-11-16-2-3-17(12-27)29(16)18-6-14(7-18)8-22/h4-5,9-10,13-14,16-18H,2-3,6-7,11-12H2,1H3/t14?,16-,17?,18?/m0/s1. The molecule has 6 rings (SSSR count). The molecular formula is C21H24N8. The summed E-state index contributed by atoms with van der Waals surface area (Å²) in [5.74, 6) is 0.271. The second-order valence-electron chi connectivity index (χ2n) is 8.70. The molecule has 0 aromatic carbocycles. The minimum absolute atomic E-state index is 0.271. The molecule has 2 saturated heterocycles. The fourth-order valence-electron chi connectivity index (χ4n) is 5.49. The number of aryl methyl sites for hydroxylation is 1. The van der Waals surface area contributed by atoms with Gasteiger partial charge in [0.25, 0.3) is 0 Å². The molecule has 2 aliphatic heterocycles. The summed E-state index contributed by atoms with van der Waals surface area (Å²) in [7, 11) is 1.92. The highest BCUT2D eigenvalue weighted by molar-refractivity contribution is 5.73. The van der Waals surface area contributed by atoms with E-state index in [9.17, 15) is 0 Å². The molecule has 3 aliphatic rings. The Labute approximate surface area is 169 Å².